The molecule has 31 heavy (non-hydrogen) atoms. The molecule has 4 saturated carbocycles. The number of aliphatic hydroxyl groups is 1. The lowest BCUT2D eigenvalue weighted by Gasteiger charge is -2.60. The van der Waals surface area contributed by atoms with Gasteiger partial charge < -0.3 is 20.1 Å². The van der Waals surface area contributed by atoms with E-state index in [4.69, 9.17) is 9.68 Å². The van der Waals surface area contributed by atoms with Gasteiger partial charge in [-0.2, -0.15) is 0 Å². The molecule has 7 nitrogen and oxygen atoms in total. The Morgan fingerprint density at radius 1 is 1.13 bits per heavy atom. The highest BCUT2D eigenvalue weighted by Gasteiger charge is 2.63. The highest BCUT2D eigenvalue weighted by molar-refractivity contribution is 5.96. The molecule has 7 atom stereocenters. The highest BCUT2D eigenvalue weighted by atomic mass is 16.6. The molecular weight excluding hydrogens is 394 g/mol. The number of hydrogen-bond donors (Lipinski definition) is 2. The lowest BCUT2D eigenvalue weighted by molar-refractivity contribution is -0.135. The second-order valence-corrected chi connectivity index (χ2v) is 10.8. The van der Waals surface area contributed by atoms with E-state index in [1.807, 2.05) is 0 Å². The Kier molecular flexibility index (Phi) is 5.62. The minimum absolute atomic E-state index is 0.137. The summed E-state index contributed by atoms with van der Waals surface area (Å²) in [5, 5.41) is 23.2. The van der Waals surface area contributed by atoms with Crippen molar-refractivity contribution in [1.82, 2.24) is 5.32 Å². The first kappa shape index (κ1) is 21.4. The van der Waals surface area contributed by atoms with Gasteiger partial charge in [-0.15, -0.1) is 0 Å². The van der Waals surface area contributed by atoms with Crippen molar-refractivity contribution in [2.75, 3.05) is 26.8 Å². The third kappa shape index (κ3) is 3.34. The van der Waals surface area contributed by atoms with Gasteiger partial charge in [0.2, 0.25) is 0 Å². The average molecular weight is 432 g/mol. The first-order chi connectivity index (χ1) is 15.0. The number of ketones is 1. The third-order valence-electron chi connectivity index (χ3n) is 9.59. The lowest BCUT2D eigenvalue weighted by atomic mass is 9.44. The van der Waals surface area contributed by atoms with E-state index in [0.717, 1.165) is 75.9 Å². The van der Waals surface area contributed by atoms with Crippen LogP contribution in [0.1, 0.15) is 64.7 Å². The number of oxime groups is 2. The smallest absolute Gasteiger partial charge is 0.141 e. The van der Waals surface area contributed by atoms with Gasteiger partial charge >= 0.3 is 0 Å². The number of Topliss-reactive ketones (excluding diaryl/α,β-unsaturated/α-hetero) is 1. The quantitative estimate of drug-likeness (QED) is 0.668. The van der Waals surface area contributed by atoms with Gasteiger partial charge in [-0.05, 0) is 69.2 Å². The van der Waals surface area contributed by atoms with Crippen molar-refractivity contribution >= 4 is 17.2 Å². The summed E-state index contributed by atoms with van der Waals surface area (Å²) < 4.78 is 0. The fraction of sp³-hybridized carbons (Fsp3) is 0.875. The molecule has 5 rings (SSSR count). The van der Waals surface area contributed by atoms with Gasteiger partial charge in [0.05, 0.1) is 11.4 Å². The summed E-state index contributed by atoms with van der Waals surface area (Å²) in [7, 11) is 1.61. The number of nitrogens with one attached hydrogen (secondary N) is 1. The van der Waals surface area contributed by atoms with Gasteiger partial charge in [0.15, 0.2) is 0 Å². The number of aliphatic hydroxyl groups excluding tert-OH is 1. The van der Waals surface area contributed by atoms with E-state index in [2.05, 4.69) is 22.6 Å². The van der Waals surface area contributed by atoms with Crippen molar-refractivity contribution in [1.29, 1.82) is 0 Å². The van der Waals surface area contributed by atoms with Crippen molar-refractivity contribution in [2.45, 2.75) is 70.8 Å². The van der Waals surface area contributed by atoms with Gasteiger partial charge in [-0.3, -0.25) is 4.79 Å². The Morgan fingerprint density at radius 2 is 2.00 bits per heavy atom. The Bertz CT molecular complexity index is 777. The van der Waals surface area contributed by atoms with Gasteiger partial charge in [-0.1, -0.05) is 17.2 Å². The van der Waals surface area contributed by atoms with E-state index in [-0.39, 0.29) is 29.5 Å². The zero-order chi connectivity index (χ0) is 21.6. The Hall–Kier alpha value is -1.47. The first-order valence-corrected chi connectivity index (χ1v) is 12.2. The molecule has 0 radical (unpaired) electrons. The van der Waals surface area contributed by atoms with Crippen LogP contribution in [0.3, 0.4) is 0 Å². The predicted molar refractivity (Wildman–Crippen MR) is 118 cm³/mol. The maximum absolute atomic E-state index is 12.7. The number of carbonyl (C=O) groups is 1. The standard InChI is InChI=1S/C24H37N3O4/c1-23-8-6-19-17(18(23)3-4-22(23)29)12-21(27-30-2)20-11-15(5-9-24(19,20)14-28)26-31-16-7-10-25-13-16/h16-20,25,28H,3-14H2,1-2H3/b26-15-,27-21+. The molecule has 2 N–H and O–H groups in total. The van der Waals surface area contributed by atoms with Crippen molar-refractivity contribution in [3.63, 3.8) is 0 Å². The van der Waals surface area contributed by atoms with Gasteiger partial charge in [0, 0.05) is 42.7 Å². The van der Waals surface area contributed by atoms with Crippen LogP contribution in [0.4, 0.5) is 0 Å². The monoisotopic (exact) mass is 431 g/mol. The number of fused-ring (bicyclic) bond motifs is 5. The van der Waals surface area contributed by atoms with Crippen molar-refractivity contribution < 1.29 is 19.6 Å². The van der Waals surface area contributed by atoms with E-state index in [1.54, 1.807) is 7.11 Å². The van der Waals surface area contributed by atoms with Crippen LogP contribution in [0.5, 0.6) is 0 Å². The Labute approximate surface area is 185 Å². The van der Waals surface area contributed by atoms with Crippen LogP contribution in [0.2, 0.25) is 0 Å². The van der Waals surface area contributed by atoms with E-state index >= 15 is 0 Å². The topological polar surface area (TPSA) is 92.5 Å². The van der Waals surface area contributed by atoms with Gasteiger partial charge in [-0.25, -0.2) is 0 Å². The summed E-state index contributed by atoms with van der Waals surface area (Å²) in [6, 6.07) is 0. The number of carbonyl (C=O) groups excluding carboxylic acids is 1. The fourth-order valence-corrected chi connectivity index (χ4v) is 7.90. The summed E-state index contributed by atoms with van der Waals surface area (Å²) >= 11 is 0. The second kappa shape index (κ2) is 8.14. The average Bonchev–Trinajstić information content (AvgIpc) is 3.40. The maximum Gasteiger partial charge on any atom is 0.141 e. The van der Waals surface area contributed by atoms with E-state index in [1.165, 1.54) is 0 Å². The third-order valence-corrected chi connectivity index (χ3v) is 9.59. The Morgan fingerprint density at radius 3 is 2.74 bits per heavy atom. The summed E-state index contributed by atoms with van der Waals surface area (Å²) in [4.78, 5) is 23.9. The molecule has 5 fully saturated rings. The number of rotatable bonds is 4. The van der Waals surface area contributed by atoms with E-state index in [9.17, 15) is 9.90 Å². The minimum Gasteiger partial charge on any atom is -0.399 e. The van der Waals surface area contributed by atoms with Crippen LogP contribution in [-0.2, 0) is 14.5 Å². The molecule has 7 heteroatoms. The van der Waals surface area contributed by atoms with Crippen molar-refractivity contribution in [2.24, 2.45) is 44.8 Å². The van der Waals surface area contributed by atoms with Crippen LogP contribution in [0.15, 0.2) is 10.3 Å². The second-order valence-electron chi connectivity index (χ2n) is 10.8. The SMILES string of the molecule is CO/N=C1\CC2C3CCC(=O)C3(C)CCC2C2(CO)CC/C(=N/OC3CCNC3)CC12. The van der Waals surface area contributed by atoms with Crippen LogP contribution >= 0.6 is 0 Å². The van der Waals surface area contributed by atoms with Crippen LogP contribution < -0.4 is 5.32 Å². The summed E-state index contributed by atoms with van der Waals surface area (Å²) in [5.41, 5.74) is 1.75. The zero-order valence-corrected chi connectivity index (χ0v) is 18.9. The van der Waals surface area contributed by atoms with Crippen molar-refractivity contribution in [3.8, 4) is 0 Å². The highest BCUT2D eigenvalue weighted by Crippen LogP contribution is 2.64. The predicted octanol–water partition coefficient (Wildman–Crippen LogP) is 2.92. The number of nitrogens with zero attached hydrogens (tertiary/aromatic N) is 2. The molecule has 4 aliphatic carbocycles. The minimum atomic E-state index is -0.193. The molecule has 172 valence electrons. The van der Waals surface area contributed by atoms with Gasteiger partial charge in [0.25, 0.3) is 0 Å². The molecular formula is C24H37N3O4. The number of hydrogen-bond acceptors (Lipinski definition) is 7. The Balaban J connectivity index is 1.43. The molecule has 0 amide bonds. The van der Waals surface area contributed by atoms with Gasteiger partial charge in [0.1, 0.15) is 19.0 Å². The summed E-state index contributed by atoms with van der Waals surface area (Å²) in [6.45, 7) is 4.20. The van der Waals surface area contributed by atoms with Crippen LogP contribution in [-0.4, -0.2) is 55.2 Å². The molecule has 0 spiro atoms. The molecule has 7 unspecified atom stereocenters. The fourth-order valence-electron chi connectivity index (χ4n) is 7.90. The molecule has 1 heterocycles. The largest absolute Gasteiger partial charge is 0.399 e. The van der Waals surface area contributed by atoms with E-state index in [0.29, 0.717) is 30.0 Å². The lowest BCUT2D eigenvalue weighted by Crippen LogP contribution is -2.59. The zero-order valence-electron chi connectivity index (χ0n) is 18.9. The molecule has 1 aliphatic heterocycles. The molecule has 5 aliphatic rings. The van der Waals surface area contributed by atoms with E-state index < -0.39 is 0 Å². The van der Waals surface area contributed by atoms with Crippen LogP contribution in [0.25, 0.3) is 0 Å². The molecule has 0 aromatic rings. The molecule has 0 aromatic heterocycles. The normalized spacial score (nSPS) is 47.2. The van der Waals surface area contributed by atoms with Crippen LogP contribution in [0, 0.1) is 34.5 Å². The molecule has 1 saturated heterocycles. The van der Waals surface area contributed by atoms with Crippen molar-refractivity contribution in [3.05, 3.63) is 0 Å². The first-order valence-electron chi connectivity index (χ1n) is 12.2. The molecule has 0 bridgehead atoms. The maximum atomic E-state index is 12.7. The molecule has 0 aromatic carbocycles. The summed E-state index contributed by atoms with van der Waals surface area (Å²) in [6.07, 6.45) is 8.27. The summed E-state index contributed by atoms with van der Waals surface area (Å²) in [5.74, 6) is 1.82.